The molecule has 3 heterocycles. The minimum atomic E-state index is -0.415. The summed E-state index contributed by atoms with van der Waals surface area (Å²) in [5, 5.41) is 3.85. The van der Waals surface area contributed by atoms with Gasteiger partial charge < -0.3 is 26.4 Å². The summed E-state index contributed by atoms with van der Waals surface area (Å²) < 4.78 is 21.0. The number of anilines is 2. The average Bonchev–Trinajstić information content (AvgIpc) is 3.34. The Hall–Kier alpha value is -4.05. The average molecular weight is 491 g/mol. The molecule has 5 N–H and O–H groups in total. The monoisotopic (exact) mass is 490 g/mol. The Morgan fingerprint density at radius 3 is 2.64 bits per heavy atom. The standard InChI is InChI=1S/C26H31FN8O/c1-36-21-7-5-20(6-8-21)34-13-11-33(12-14-34)10-9-18(28)15-30-16-19-17-35-25(31-19)22-3-2-4-23(27)24(22)32-26(35)29/h2-8,15,17,30H,9-14,16,28H2,1H3,(H2,29,32)/b18-15-. The van der Waals surface area contributed by atoms with Gasteiger partial charge in [-0.1, -0.05) is 6.07 Å². The van der Waals surface area contributed by atoms with Crippen molar-refractivity contribution in [3.63, 3.8) is 0 Å². The van der Waals surface area contributed by atoms with Crippen molar-refractivity contribution < 1.29 is 9.13 Å². The predicted octanol–water partition coefficient (Wildman–Crippen LogP) is 2.71. The quantitative estimate of drug-likeness (QED) is 0.346. The molecule has 0 amide bonds. The van der Waals surface area contributed by atoms with Crippen LogP contribution in [0.15, 0.2) is 60.6 Å². The highest BCUT2D eigenvalue weighted by Crippen LogP contribution is 2.23. The number of imidazole rings is 1. The van der Waals surface area contributed by atoms with Crippen LogP contribution in [0.3, 0.4) is 0 Å². The van der Waals surface area contributed by atoms with Gasteiger partial charge in [0.2, 0.25) is 5.95 Å². The van der Waals surface area contributed by atoms with E-state index in [1.807, 2.05) is 18.3 Å². The highest BCUT2D eigenvalue weighted by atomic mass is 19.1. The number of methoxy groups -OCH3 is 1. The molecule has 0 unspecified atom stereocenters. The first kappa shape index (κ1) is 23.7. The zero-order chi connectivity index (χ0) is 25.1. The van der Waals surface area contributed by atoms with Crippen LogP contribution < -0.4 is 26.4 Å². The fourth-order valence-electron chi connectivity index (χ4n) is 4.53. The fraction of sp³-hybridized carbons (Fsp3) is 0.308. The largest absolute Gasteiger partial charge is 0.497 e. The number of nitrogens with zero attached hydrogens (tertiary/aromatic N) is 5. The first-order valence-electron chi connectivity index (χ1n) is 12.0. The van der Waals surface area contributed by atoms with Gasteiger partial charge >= 0.3 is 0 Å². The summed E-state index contributed by atoms with van der Waals surface area (Å²) in [5.41, 5.74) is 15.8. The first-order chi connectivity index (χ1) is 17.5. The third-order valence-electron chi connectivity index (χ3n) is 6.55. The van der Waals surface area contributed by atoms with Crippen molar-refractivity contribution in [1.82, 2.24) is 24.6 Å². The minimum Gasteiger partial charge on any atom is -0.497 e. The number of piperazine rings is 1. The number of halogens is 1. The summed E-state index contributed by atoms with van der Waals surface area (Å²) in [5.74, 6) is 0.658. The number of nitrogen functional groups attached to an aromatic ring is 1. The molecular weight excluding hydrogens is 459 g/mol. The van der Waals surface area contributed by atoms with Crippen LogP contribution in [-0.4, -0.2) is 59.1 Å². The van der Waals surface area contributed by atoms with E-state index in [0.717, 1.165) is 56.3 Å². The van der Waals surface area contributed by atoms with E-state index >= 15 is 0 Å². The Balaban J connectivity index is 1.12. The summed E-state index contributed by atoms with van der Waals surface area (Å²) in [6, 6.07) is 13.0. The van der Waals surface area contributed by atoms with Gasteiger partial charge in [0, 0.05) is 68.3 Å². The van der Waals surface area contributed by atoms with Crippen LogP contribution in [0.4, 0.5) is 16.0 Å². The predicted molar refractivity (Wildman–Crippen MR) is 140 cm³/mol. The summed E-state index contributed by atoms with van der Waals surface area (Å²) in [6.07, 6.45) is 4.42. The molecule has 1 aliphatic rings. The molecule has 5 rings (SSSR count). The topological polar surface area (TPSA) is 110 Å². The lowest BCUT2D eigenvalue weighted by atomic mass is 10.2. The summed E-state index contributed by atoms with van der Waals surface area (Å²) in [7, 11) is 1.68. The number of fused-ring (bicyclic) bond motifs is 3. The molecule has 1 aliphatic heterocycles. The van der Waals surface area contributed by atoms with E-state index in [0.29, 0.717) is 17.6 Å². The van der Waals surface area contributed by atoms with Gasteiger partial charge in [0.25, 0.3) is 0 Å². The van der Waals surface area contributed by atoms with E-state index < -0.39 is 5.82 Å². The van der Waals surface area contributed by atoms with Crippen LogP contribution in [0.2, 0.25) is 0 Å². The number of hydrogen-bond donors (Lipinski definition) is 3. The van der Waals surface area contributed by atoms with Crippen molar-refractivity contribution in [2.24, 2.45) is 5.73 Å². The number of nitrogens with two attached hydrogens (primary N) is 2. The van der Waals surface area contributed by atoms with E-state index in [4.69, 9.17) is 16.2 Å². The molecule has 0 radical (unpaired) electrons. The Kier molecular flexibility index (Phi) is 6.77. The molecule has 2 aromatic heterocycles. The molecular formula is C26H31FN8O. The lowest BCUT2D eigenvalue weighted by Gasteiger charge is -2.36. The highest BCUT2D eigenvalue weighted by molar-refractivity contribution is 5.92. The zero-order valence-corrected chi connectivity index (χ0v) is 20.3. The van der Waals surface area contributed by atoms with E-state index in [9.17, 15) is 4.39 Å². The summed E-state index contributed by atoms with van der Waals surface area (Å²) in [6.45, 7) is 5.35. The van der Waals surface area contributed by atoms with Gasteiger partial charge in [-0.3, -0.25) is 9.30 Å². The molecule has 188 valence electrons. The van der Waals surface area contributed by atoms with Crippen molar-refractivity contribution >= 4 is 28.2 Å². The second-order valence-electron chi connectivity index (χ2n) is 8.91. The molecule has 0 bridgehead atoms. The molecule has 2 aromatic carbocycles. The maximum atomic E-state index is 14.1. The van der Waals surface area contributed by atoms with Crippen molar-refractivity contribution in [2.45, 2.75) is 13.0 Å². The van der Waals surface area contributed by atoms with Crippen LogP contribution in [0.25, 0.3) is 16.6 Å². The maximum Gasteiger partial charge on any atom is 0.206 e. The maximum absolute atomic E-state index is 14.1. The summed E-state index contributed by atoms with van der Waals surface area (Å²) >= 11 is 0. The second kappa shape index (κ2) is 10.3. The van der Waals surface area contributed by atoms with Crippen molar-refractivity contribution in [3.05, 3.63) is 72.1 Å². The molecule has 0 atom stereocenters. The van der Waals surface area contributed by atoms with E-state index in [-0.39, 0.29) is 11.5 Å². The zero-order valence-electron chi connectivity index (χ0n) is 20.3. The van der Waals surface area contributed by atoms with Gasteiger partial charge in [-0.05, 0) is 36.4 Å². The first-order valence-corrected chi connectivity index (χ1v) is 12.0. The van der Waals surface area contributed by atoms with Crippen LogP contribution in [0, 0.1) is 5.82 Å². The molecule has 0 aliphatic carbocycles. The van der Waals surface area contributed by atoms with E-state index in [1.54, 1.807) is 29.8 Å². The summed E-state index contributed by atoms with van der Waals surface area (Å²) in [4.78, 5) is 13.6. The van der Waals surface area contributed by atoms with E-state index in [2.05, 4.69) is 37.2 Å². The molecule has 0 spiro atoms. The molecule has 10 heteroatoms. The van der Waals surface area contributed by atoms with Gasteiger partial charge in [0.1, 0.15) is 22.7 Å². The second-order valence-corrected chi connectivity index (χ2v) is 8.91. The van der Waals surface area contributed by atoms with Crippen LogP contribution >= 0.6 is 0 Å². The lowest BCUT2D eigenvalue weighted by molar-refractivity contribution is 0.260. The third-order valence-corrected chi connectivity index (χ3v) is 6.55. The van der Waals surface area contributed by atoms with Crippen LogP contribution in [-0.2, 0) is 6.54 Å². The SMILES string of the molecule is COc1ccc(N2CCN(CC/C(N)=C/NCc3cn4c(N)nc5c(F)cccc5c4n3)CC2)cc1. The lowest BCUT2D eigenvalue weighted by Crippen LogP contribution is -2.46. The van der Waals surface area contributed by atoms with Crippen molar-refractivity contribution in [2.75, 3.05) is 50.5 Å². The van der Waals surface area contributed by atoms with Gasteiger partial charge in [-0.15, -0.1) is 0 Å². The van der Waals surface area contributed by atoms with Crippen LogP contribution in [0.1, 0.15) is 12.1 Å². The Morgan fingerprint density at radius 1 is 1.11 bits per heavy atom. The molecule has 9 nitrogen and oxygen atoms in total. The number of ether oxygens (including phenoxy) is 1. The number of aromatic nitrogens is 3. The number of hydrogen-bond acceptors (Lipinski definition) is 8. The van der Waals surface area contributed by atoms with Gasteiger partial charge in [-0.25, -0.2) is 14.4 Å². The number of nitrogens with one attached hydrogen (secondary N) is 1. The fourth-order valence-corrected chi connectivity index (χ4v) is 4.53. The van der Waals surface area contributed by atoms with Gasteiger partial charge in [0.05, 0.1) is 19.3 Å². The van der Waals surface area contributed by atoms with Gasteiger partial charge in [-0.2, -0.15) is 0 Å². The van der Waals surface area contributed by atoms with Crippen LogP contribution in [0.5, 0.6) is 5.75 Å². The molecule has 36 heavy (non-hydrogen) atoms. The number of para-hydroxylation sites is 1. The molecule has 0 saturated carbocycles. The molecule has 1 saturated heterocycles. The normalized spacial score (nSPS) is 15.1. The Bertz CT molecular complexity index is 1380. The third kappa shape index (κ3) is 4.99. The van der Waals surface area contributed by atoms with E-state index in [1.165, 1.54) is 11.8 Å². The number of rotatable bonds is 8. The number of benzene rings is 2. The van der Waals surface area contributed by atoms with Crippen molar-refractivity contribution in [1.29, 1.82) is 0 Å². The minimum absolute atomic E-state index is 0.198. The highest BCUT2D eigenvalue weighted by Gasteiger charge is 2.17. The Morgan fingerprint density at radius 2 is 1.89 bits per heavy atom. The van der Waals surface area contributed by atoms with Crippen molar-refractivity contribution in [3.8, 4) is 5.75 Å². The molecule has 4 aromatic rings. The molecule has 1 fully saturated rings. The smallest absolute Gasteiger partial charge is 0.206 e. The Labute approximate surface area is 209 Å². The van der Waals surface area contributed by atoms with Gasteiger partial charge in [0.15, 0.2) is 0 Å².